The number of rotatable bonds is 4. The molecule has 3 rings (SSSR count). The molecule has 2 fully saturated rings. The number of amides is 1. The fraction of sp³-hybridized carbons (Fsp3) is 0.529. The third-order valence-electron chi connectivity index (χ3n) is 4.67. The van der Waals surface area contributed by atoms with Crippen molar-refractivity contribution in [2.24, 2.45) is 0 Å². The fourth-order valence-corrected chi connectivity index (χ4v) is 5.28. The molecule has 1 amide bonds. The summed E-state index contributed by atoms with van der Waals surface area (Å²) in [6.45, 7) is 2.59. The number of hydrogen-bond acceptors (Lipinski definition) is 5. The van der Waals surface area contributed by atoms with Crippen LogP contribution in [-0.2, 0) is 19.4 Å². The second-order valence-corrected chi connectivity index (χ2v) is 8.53. The maximum atomic E-state index is 12.5. The third kappa shape index (κ3) is 3.52. The molecular formula is C17H21NO5S. The summed E-state index contributed by atoms with van der Waals surface area (Å²) < 4.78 is 29.1. The first-order valence-electron chi connectivity index (χ1n) is 8.08. The van der Waals surface area contributed by atoms with Gasteiger partial charge in [-0.1, -0.05) is 24.3 Å². The number of nitrogens with zero attached hydrogens (tertiary/aromatic N) is 1. The van der Waals surface area contributed by atoms with E-state index in [-0.39, 0.29) is 36.0 Å². The summed E-state index contributed by atoms with van der Waals surface area (Å²) in [4.78, 5) is 26.4. The number of aryl methyl sites for hydroxylation is 1. The van der Waals surface area contributed by atoms with E-state index in [4.69, 9.17) is 4.74 Å². The number of benzene rings is 1. The molecule has 2 saturated heterocycles. The number of carbonyl (C=O) groups excluding carboxylic acids is 2. The smallest absolute Gasteiger partial charge is 0.223 e. The van der Waals surface area contributed by atoms with E-state index in [1.165, 1.54) is 0 Å². The summed E-state index contributed by atoms with van der Waals surface area (Å²) in [5.74, 6) is -0.309. The number of Topliss-reactive ketones (excluding diaryl/α,β-unsaturated/α-hetero) is 1. The van der Waals surface area contributed by atoms with Crippen molar-refractivity contribution >= 4 is 21.5 Å². The zero-order chi connectivity index (χ0) is 17.3. The molecule has 0 aliphatic carbocycles. The average Bonchev–Trinajstić information content (AvgIpc) is 2.86. The van der Waals surface area contributed by atoms with E-state index in [0.717, 1.165) is 5.56 Å². The van der Waals surface area contributed by atoms with E-state index in [1.54, 1.807) is 17.0 Å². The van der Waals surface area contributed by atoms with E-state index in [1.807, 2.05) is 19.1 Å². The van der Waals surface area contributed by atoms with Gasteiger partial charge in [0.2, 0.25) is 5.91 Å². The zero-order valence-corrected chi connectivity index (χ0v) is 14.4. The summed E-state index contributed by atoms with van der Waals surface area (Å²) in [5, 5.41) is 0. The van der Waals surface area contributed by atoms with Crippen LogP contribution in [0.4, 0.5) is 0 Å². The molecule has 2 unspecified atom stereocenters. The van der Waals surface area contributed by atoms with Crippen molar-refractivity contribution in [3.05, 3.63) is 35.4 Å². The number of carbonyl (C=O) groups is 2. The molecule has 2 heterocycles. The first kappa shape index (κ1) is 17.1. The van der Waals surface area contributed by atoms with Gasteiger partial charge in [0, 0.05) is 24.9 Å². The van der Waals surface area contributed by atoms with E-state index in [9.17, 15) is 18.0 Å². The lowest BCUT2D eigenvalue weighted by atomic mass is 10.0. The maximum absolute atomic E-state index is 12.5. The number of ether oxygens (including phenoxy) is 1. The lowest BCUT2D eigenvalue weighted by Crippen LogP contribution is -2.53. The standard InChI is InChI=1S/C17H21NO5S/c1-12-4-2-3-5-13(12)15(19)6-7-17(20)18-8-9-23-16-11-24(21,22)10-14(16)18/h2-5,14,16H,6-11H2,1H3. The first-order valence-corrected chi connectivity index (χ1v) is 9.90. The molecular weight excluding hydrogens is 330 g/mol. The molecule has 24 heavy (non-hydrogen) atoms. The Morgan fingerprint density at radius 1 is 1.21 bits per heavy atom. The molecule has 6 nitrogen and oxygen atoms in total. The second kappa shape index (κ2) is 6.64. The minimum absolute atomic E-state index is 0.0242. The highest BCUT2D eigenvalue weighted by atomic mass is 32.2. The number of ketones is 1. The molecule has 130 valence electrons. The molecule has 1 aromatic rings. The zero-order valence-electron chi connectivity index (χ0n) is 13.6. The Morgan fingerprint density at radius 3 is 2.71 bits per heavy atom. The monoisotopic (exact) mass is 351 g/mol. The molecule has 0 aromatic heterocycles. The van der Waals surface area contributed by atoms with Crippen LogP contribution in [0.15, 0.2) is 24.3 Å². The van der Waals surface area contributed by atoms with Gasteiger partial charge in [-0.3, -0.25) is 9.59 Å². The Morgan fingerprint density at radius 2 is 1.96 bits per heavy atom. The Balaban J connectivity index is 1.63. The van der Waals surface area contributed by atoms with Gasteiger partial charge < -0.3 is 9.64 Å². The normalized spacial score (nSPS) is 25.3. The average molecular weight is 351 g/mol. The van der Waals surface area contributed by atoms with Gasteiger partial charge in [0.25, 0.3) is 0 Å². The lowest BCUT2D eigenvalue weighted by molar-refractivity contribution is -0.142. The minimum Gasteiger partial charge on any atom is -0.373 e. The maximum Gasteiger partial charge on any atom is 0.223 e. The molecule has 0 radical (unpaired) electrons. The van der Waals surface area contributed by atoms with Gasteiger partial charge in [0.05, 0.1) is 30.3 Å². The molecule has 2 atom stereocenters. The predicted molar refractivity (Wildman–Crippen MR) is 88.6 cm³/mol. The van der Waals surface area contributed by atoms with Crippen LogP contribution in [0.5, 0.6) is 0 Å². The highest BCUT2D eigenvalue weighted by Crippen LogP contribution is 2.25. The summed E-state index contributed by atoms with van der Waals surface area (Å²) in [5.41, 5.74) is 1.52. The minimum atomic E-state index is -3.16. The van der Waals surface area contributed by atoms with Crippen molar-refractivity contribution < 1.29 is 22.7 Å². The molecule has 0 saturated carbocycles. The van der Waals surface area contributed by atoms with Crippen LogP contribution in [0, 0.1) is 6.92 Å². The van der Waals surface area contributed by atoms with E-state index in [2.05, 4.69) is 0 Å². The number of sulfone groups is 1. The van der Waals surface area contributed by atoms with Crippen molar-refractivity contribution in [2.45, 2.75) is 31.9 Å². The number of hydrogen-bond donors (Lipinski definition) is 0. The number of morpholine rings is 1. The Hall–Kier alpha value is -1.73. The molecule has 2 aliphatic heterocycles. The summed E-state index contributed by atoms with van der Waals surface area (Å²) in [6.07, 6.45) is -0.207. The van der Waals surface area contributed by atoms with Crippen molar-refractivity contribution in [3.8, 4) is 0 Å². The van der Waals surface area contributed by atoms with Crippen molar-refractivity contribution in [2.75, 3.05) is 24.7 Å². The van der Waals surface area contributed by atoms with Gasteiger partial charge in [-0.2, -0.15) is 0 Å². The SMILES string of the molecule is Cc1ccccc1C(=O)CCC(=O)N1CCOC2CS(=O)(=O)CC21. The van der Waals surface area contributed by atoms with Crippen LogP contribution in [0.1, 0.15) is 28.8 Å². The van der Waals surface area contributed by atoms with Crippen LogP contribution in [-0.4, -0.2) is 61.8 Å². The van der Waals surface area contributed by atoms with Crippen LogP contribution >= 0.6 is 0 Å². The van der Waals surface area contributed by atoms with Gasteiger partial charge in [0.15, 0.2) is 15.6 Å². The highest BCUT2D eigenvalue weighted by Gasteiger charge is 2.45. The largest absolute Gasteiger partial charge is 0.373 e. The predicted octanol–water partition coefficient (Wildman–Crippen LogP) is 0.982. The van der Waals surface area contributed by atoms with Gasteiger partial charge in [-0.05, 0) is 12.5 Å². The van der Waals surface area contributed by atoms with Gasteiger partial charge in [-0.15, -0.1) is 0 Å². The van der Waals surface area contributed by atoms with Crippen LogP contribution in [0.2, 0.25) is 0 Å². The quantitative estimate of drug-likeness (QED) is 0.756. The second-order valence-electron chi connectivity index (χ2n) is 6.38. The summed E-state index contributed by atoms with van der Waals surface area (Å²) in [6, 6.07) is 6.88. The van der Waals surface area contributed by atoms with Crippen molar-refractivity contribution in [1.82, 2.24) is 4.90 Å². The Kier molecular flexibility index (Phi) is 4.73. The fourth-order valence-electron chi connectivity index (χ4n) is 3.41. The summed E-state index contributed by atoms with van der Waals surface area (Å²) >= 11 is 0. The molecule has 7 heteroatoms. The lowest BCUT2D eigenvalue weighted by Gasteiger charge is -2.36. The highest BCUT2D eigenvalue weighted by molar-refractivity contribution is 7.91. The molecule has 0 bridgehead atoms. The molecule has 2 aliphatic rings. The van der Waals surface area contributed by atoms with Crippen molar-refractivity contribution in [3.63, 3.8) is 0 Å². The van der Waals surface area contributed by atoms with E-state index >= 15 is 0 Å². The topological polar surface area (TPSA) is 80.8 Å². The Labute approximate surface area is 141 Å². The molecule has 1 aromatic carbocycles. The first-order chi connectivity index (χ1) is 11.4. The Bertz CT molecular complexity index is 758. The summed E-state index contributed by atoms with van der Waals surface area (Å²) in [7, 11) is -3.16. The third-order valence-corrected chi connectivity index (χ3v) is 6.35. The van der Waals surface area contributed by atoms with Crippen LogP contribution in [0.3, 0.4) is 0 Å². The van der Waals surface area contributed by atoms with Gasteiger partial charge in [-0.25, -0.2) is 8.42 Å². The number of fused-ring (bicyclic) bond motifs is 1. The van der Waals surface area contributed by atoms with Gasteiger partial charge >= 0.3 is 0 Å². The van der Waals surface area contributed by atoms with Crippen molar-refractivity contribution in [1.29, 1.82) is 0 Å². The van der Waals surface area contributed by atoms with Crippen LogP contribution < -0.4 is 0 Å². The van der Waals surface area contributed by atoms with E-state index in [0.29, 0.717) is 18.7 Å². The molecule has 0 spiro atoms. The van der Waals surface area contributed by atoms with Crippen LogP contribution in [0.25, 0.3) is 0 Å². The van der Waals surface area contributed by atoms with Gasteiger partial charge in [0.1, 0.15) is 0 Å². The van der Waals surface area contributed by atoms with E-state index < -0.39 is 22.0 Å². The molecule has 0 N–H and O–H groups in total.